The molecular weight excluding hydrogens is 378 g/mol. The summed E-state index contributed by atoms with van der Waals surface area (Å²) in [5.41, 5.74) is 0. The largest absolute Gasteiger partial charge is 0.394 e. The first-order valence-electron chi connectivity index (χ1n) is 10.3. The third-order valence-electron chi connectivity index (χ3n) is 6.31. The Morgan fingerprint density at radius 3 is 2.50 bits per heavy atom. The van der Waals surface area contributed by atoms with Crippen molar-refractivity contribution in [3.8, 4) is 0 Å². The van der Waals surface area contributed by atoms with Crippen molar-refractivity contribution in [1.29, 1.82) is 0 Å². The van der Waals surface area contributed by atoms with E-state index >= 15 is 0 Å². The number of rotatable bonds is 7. The molecule has 28 heavy (non-hydrogen) atoms. The quantitative estimate of drug-likeness (QED) is 0.574. The fourth-order valence-corrected chi connectivity index (χ4v) is 7.64. The molecular formula is C20H33N3O4S. The number of likely N-dealkylation sites (tertiary alicyclic amines) is 1. The van der Waals surface area contributed by atoms with Crippen LogP contribution in [0.3, 0.4) is 0 Å². The average molecular weight is 412 g/mol. The first-order valence-corrected chi connectivity index (χ1v) is 11.2. The Morgan fingerprint density at radius 2 is 1.96 bits per heavy atom. The SMILES string of the molecule is CNC(=O)[C@@H]1[C@H]2C(=O)N([C@@H](CO)CC(C)C)C(C(=O)NC(C)C)C23CC[C@H]1S3. The fourth-order valence-electron chi connectivity index (χ4n) is 5.43. The first kappa shape index (κ1) is 21.4. The van der Waals surface area contributed by atoms with Crippen LogP contribution in [0.1, 0.15) is 47.0 Å². The van der Waals surface area contributed by atoms with Gasteiger partial charge in [-0.1, -0.05) is 13.8 Å². The van der Waals surface area contributed by atoms with Gasteiger partial charge in [-0.3, -0.25) is 14.4 Å². The van der Waals surface area contributed by atoms with Gasteiger partial charge in [0.05, 0.1) is 29.2 Å². The zero-order valence-electron chi connectivity index (χ0n) is 17.4. The Kier molecular flexibility index (Phi) is 6.01. The molecule has 3 N–H and O–H groups in total. The van der Waals surface area contributed by atoms with Gasteiger partial charge in [0, 0.05) is 18.3 Å². The number of thioether (sulfide) groups is 1. The van der Waals surface area contributed by atoms with Crippen LogP contribution >= 0.6 is 11.8 Å². The number of amides is 3. The maximum Gasteiger partial charge on any atom is 0.244 e. The minimum Gasteiger partial charge on any atom is -0.394 e. The Hall–Kier alpha value is -1.28. The van der Waals surface area contributed by atoms with Gasteiger partial charge >= 0.3 is 0 Å². The van der Waals surface area contributed by atoms with Crippen LogP contribution in [0.5, 0.6) is 0 Å². The zero-order chi connectivity index (χ0) is 20.8. The van der Waals surface area contributed by atoms with Crippen molar-refractivity contribution in [2.45, 2.75) is 75.1 Å². The number of nitrogens with zero attached hydrogens (tertiary/aromatic N) is 1. The minimum absolute atomic E-state index is 0.0454. The van der Waals surface area contributed by atoms with Crippen LogP contribution in [0.15, 0.2) is 0 Å². The molecule has 158 valence electrons. The van der Waals surface area contributed by atoms with Crippen LogP contribution in [0.4, 0.5) is 0 Å². The summed E-state index contributed by atoms with van der Waals surface area (Å²) in [5, 5.41) is 15.8. The molecule has 1 spiro atoms. The normalized spacial score (nSPS) is 34.9. The second-order valence-electron chi connectivity index (χ2n) is 9.04. The molecule has 0 saturated carbocycles. The fraction of sp³-hybridized carbons (Fsp3) is 0.850. The van der Waals surface area contributed by atoms with Crippen molar-refractivity contribution >= 4 is 29.5 Å². The number of carbonyl (C=O) groups is 3. The van der Waals surface area contributed by atoms with Crippen molar-refractivity contribution in [3.63, 3.8) is 0 Å². The molecule has 3 amide bonds. The Balaban J connectivity index is 2.05. The number of hydrogen-bond donors (Lipinski definition) is 3. The van der Waals surface area contributed by atoms with Crippen molar-refractivity contribution in [3.05, 3.63) is 0 Å². The minimum atomic E-state index is -0.645. The number of hydrogen-bond acceptors (Lipinski definition) is 5. The maximum absolute atomic E-state index is 13.6. The molecule has 3 fully saturated rings. The zero-order valence-corrected chi connectivity index (χ0v) is 18.2. The molecule has 2 bridgehead atoms. The second kappa shape index (κ2) is 7.86. The molecule has 3 heterocycles. The molecule has 0 aliphatic carbocycles. The van der Waals surface area contributed by atoms with Gasteiger partial charge in [0.1, 0.15) is 6.04 Å². The second-order valence-corrected chi connectivity index (χ2v) is 10.6. The van der Waals surface area contributed by atoms with E-state index in [-0.39, 0.29) is 41.5 Å². The van der Waals surface area contributed by atoms with Gasteiger partial charge in [-0.25, -0.2) is 0 Å². The molecule has 0 aromatic rings. The van der Waals surface area contributed by atoms with E-state index in [1.807, 2.05) is 27.7 Å². The smallest absolute Gasteiger partial charge is 0.244 e. The Labute approximate surface area is 171 Å². The number of fused-ring (bicyclic) bond motifs is 1. The predicted molar refractivity (Wildman–Crippen MR) is 109 cm³/mol. The highest BCUT2D eigenvalue weighted by Crippen LogP contribution is 2.66. The van der Waals surface area contributed by atoms with Crippen LogP contribution in [-0.2, 0) is 14.4 Å². The van der Waals surface area contributed by atoms with E-state index in [0.29, 0.717) is 6.42 Å². The third-order valence-corrected chi connectivity index (χ3v) is 8.27. The molecule has 0 aromatic heterocycles. The van der Waals surface area contributed by atoms with Gasteiger partial charge in [-0.15, -0.1) is 11.8 Å². The summed E-state index contributed by atoms with van der Waals surface area (Å²) in [6.07, 6.45) is 2.20. The van der Waals surface area contributed by atoms with Gasteiger partial charge in [0.15, 0.2) is 0 Å². The van der Waals surface area contributed by atoms with Crippen molar-refractivity contribution < 1.29 is 19.5 Å². The van der Waals surface area contributed by atoms with Gasteiger partial charge in [0.2, 0.25) is 17.7 Å². The first-order chi connectivity index (χ1) is 13.2. The lowest BCUT2D eigenvalue weighted by Gasteiger charge is -2.38. The number of carbonyl (C=O) groups excluding carboxylic acids is 3. The van der Waals surface area contributed by atoms with Crippen molar-refractivity contribution in [1.82, 2.24) is 15.5 Å². The molecule has 3 aliphatic heterocycles. The van der Waals surface area contributed by atoms with Crippen molar-refractivity contribution in [2.24, 2.45) is 17.8 Å². The molecule has 3 rings (SSSR count). The van der Waals surface area contributed by atoms with E-state index in [1.54, 1.807) is 23.7 Å². The van der Waals surface area contributed by atoms with E-state index in [2.05, 4.69) is 10.6 Å². The summed E-state index contributed by atoms with van der Waals surface area (Å²) in [4.78, 5) is 41.2. The summed E-state index contributed by atoms with van der Waals surface area (Å²) < 4.78 is -0.581. The number of nitrogens with one attached hydrogen (secondary N) is 2. The molecule has 0 aromatic carbocycles. The number of aliphatic hydroxyl groups is 1. The van der Waals surface area contributed by atoms with E-state index in [0.717, 1.165) is 12.8 Å². The van der Waals surface area contributed by atoms with E-state index in [1.165, 1.54) is 0 Å². The third kappa shape index (κ3) is 3.22. The highest BCUT2D eigenvalue weighted by Gasteiger charge is 2.74. The summed E-state index contributed by atoms with van der Waals surface area (Å²) in [7, 11) is 1.60. The predicted octanol–water partition coefficient (Wildman–Crippen LogP) is 0.755. The summed E-state index contributed by atoms with van der Waals surface area (Å²) >= 11 is 1.65. The lowest BCUT2D eigenvalue weighted by Crippen LogP contribution is -2.57. The average Bonchev–Trinajstić information content (AvgIpc) is 3.25. The molecule has 3 aliphatic rings. The van der Waals surface area contributed by atoms with Gasteiger partial charge in [0.25, 0.3) is 0 Å². The van der Waals surface area contributed by atoms with Crippen LogP contribution < -0.4 is 10.6 Å². The highest BCUT2D eigenvalue weighted by atomic mass is 32.2. The molecule has 7 nitrogen and oxygen atoms in total. The summed E-state index contributed by atoms with van der Waals surface area (Å²) in [5.74, 6) is -1.07. The summed E-state index contributed by atoms with van der Waals surface area (Å²) in [6, 6.07) is -1.11. The highest BCUT2D eigenvalue weighted by molar-refractivity contribution is 8.02. The van der Waals surface area contributed by atoms with E-state index < -0.39 is 28.7 Å². The van der Waals surface area contributed by atoms with Gasteiger partial charge in [-0.2, -0.15) is 0 Å². The van der Waals surface area contributed by atoms with Crippen LogP contribution in [0.2, 0.25) is 0 Å². The Bertz CT molecular complexity index is 655. The molecule has 6 atom stereocenters. The van der Waals surface area contributed by atoms with Crippen LogP contribution in [0, 0.1) is 17.8 Å². The molecule has 3 saturated heterocycles. The van der Waals surface area contributed by atoms with E-state index in [9.17, 15) is 19.5 Å². The van der Waals surface area contributed by atoms with Gasteiger partial charge in [-0.05, 0) is 39.0 Å². The van der Waals surface area contributed by atoms with E-state index in [4.69, 9.17) is 0 Å². The lowest BCUT2D eigenvalue weighted by atomic mass is 9.70. The Morgan fingerprint density at radius 1 is 1.29 bits per heavy atom. The van der Waals surface area contributed by atoms with Crippen molar-refractivity contribution in [2.75, 3.05) is 13.7 Å². The lowest BCUT2D eigenvalue weighted by molar-refractivity contribution is -0.143. The number of aliphatic hydroxyl groups excluding tert-OH is 1. The molecule has 2 unspecified atom stereocenters. The van der Waals surface area contributed by atoms with Crippen LogP contribution in [-0.4, -0.2) is 69.5 Å². The molecule has 8 heteroatoms. The maximum atomic E-state index is 13.6. The topological polar surface area (TPSA) is 98.7 Å². The summed E-state index contributed by atoms with van der Waals surface area (Å²) in [6.45, 7) is 7.70. The standard InChI is InChI=1S/C20H33N3O4S/c1-10(2)8-12(9-24)23-16(18(26)22-11(3)4)20-7-6-13(28-20)14(17(25)21-5)15(20)19(23)27/h10-16,24H,6-9H2,1-5H3,(H,21,25)(H,22,26)/t12-,13-,14+,15+,16?,20?/m1/s1. The molecule has 0 radical (unpaired) electrons. The van der Waals surface area contributed by atoms with Crippen LogP contribution in [0.25, 0.3) is 0 Å². The monoisotopic (exact) mass is 411 g/mol. The van der Waals surface area contributed by atoms with Gasteiger partial charge < -0.3 is 20.6 Å².